The molecule has 2 fully saturated rings. The van der Waals surface area contributed by atoms with Gasteiger partial charge in [0.25, 0.3) is 5.91 Å². The quantitative estimate of drug-likeness (QED) is 0.560. The molecule has 10 heteroatoms. The van der Waals surface area contributed by atoms with E-state index in [0.29, 0.717) is 59.7 Å². The first-order valence-electron chi connectivity index (χ1n) is 11.2. The Kier molecular flexibility index (Phi) is 5.75. The van der Waals surface area contributed by atoms with E-state index in [1.54, 1.807) is 18.5 Å². The first-order chi connectivity index (χ1) is 16.3. The second kappa shape index (κ2) is 8.73. The summed E-state index contributed by atoms with van der Waals surface area (Å²) in [7, 11) is 0. The first-order valence-corrected chi connectivity index (χ1v) is 11.2. The van der Waals surface area contributed by atoms with Crippen molar-refractivity contribution in [2.75, 3.05) is 6.54 Å². The van der Waals surface area contributed by atoms with Gasteiger partial charge in [-0.25, -0.2) is 24.9 Å². The third-order valence-electron chi connectivity index (χ3n) is 6.52. The van der Waals surface area contributed by atoms with Gasteiger partial charge in [0, 0.05) is 42.6 Å². The molecule has 4 heterocycles. The molecule has 5 rings (SSSR count). The summed E-state index contributed by atoms with van der Waals surface area (Å²) in [6.45, 7) is 2.45. The Labute approximate surface area is 194 Å². The maximum Gasteiger partial charge on any atom is 0.451 e. The number of aromatic nitrogens is 5. The van der Waals surface area contributed by atoms with Gasteiger partial charge in [-0.1, -0.05) is 0 Å². The largest absolute Gasteiger partial charge is 0.451 e. The number of amides is 1. The zero-order chi connectivity index (χ0) is 23.9. The lowest BCUT2D eigenvalue weighted by molar-refractivity contribution is -0.145. The molecule has 34 heavy (non-hydrogen) atoms. The van der Waals surface area contributed by atoms with E-state index in [4.69, 9.17) is 0 Å². The van der Waals surface area contributed by atoms with Crippen LogP contribution in [0.1, 0.15) is 47.0 Å². The van der Waals surface area contributed by atoms with E-state index in [0.717, 1.165) is 19.0 Å². The maximum atomic E-state index is 13.8. The summed E-state index contributed by atoms with van der Waals surface area (Å²) in [5.74, 6) is 0.127. The van der Waals surface area contributed by atoms with Gasteiger partial charge in [0.1, 0.15) is 5.69 Å². The number of rotatable bonds is 5. The van der Waals surface area contributed by atoms with E-state index >= 15 is 0 Å². The first kappa shape index (κ1) is 22.4. The minimum Gasteiger partial charge on any atom is -0.334 e. The number of aryl methyl sites for hydroxylation is 2. The average Bonchev–Trinajstić information content (AvgIpc) is 3.60. The van der Waals surface area contributed by atoms with Gasteiger partial charge in [-0.05, 0) is 68.7 Å². The molecule has 0 unspecified atom stereocenters. The van der Waals surface area contributed by atoms with E-state index in [2.05, 4.69) is 24.9 Å². The molecule has 3 aromatic rings. The van der Waals surface area contributed by atoms with Crippen LogP contribution in [-0.4, -0.2) is 48.3 Å². The number of pyridine rings is 1. The molecule has 3 atom stereocenters. The van der Waals surface area contributed by atoms with Crippen LogP contribution in [0.2, 0.25) is 0 Å². The Balaban J connectivity index is 1.40. The number of fused-ring (bicyclic) bond motifs is 1. The smallest absolute Gasteiger partial charge is 0.334 e. The molecule has 0 bridgehead atoms. The lowest BCUT2D eigenvalue weighted by Crippen LogP contribution is -2.45. The van der Waals surface area contributed by atoms with Crippen molar-refractivity contribution >= 4 is 5.91 Å². The molecule has 7 nitrogen and oxygen atoms in total. The summed E-state index contributed by atoms with van der Waals surface area (Å²) in [6.07, 6.45) is 2.53. The number of likely N-dealkylation sites (tertiary alicyclic amines) is 1. The van der Waals surface area contributed by atoms with Crippen LogP contribution in [0.5, 0.6) is 0 Å². The number of carbonyl (C=O) groups is 1. The van der Waals surface area contributed by atoms with Crippen LogP contribution in [0.25, 0.3) is 11.4 Å². The number of nitrogens with zero attached hydrogens (tertiary/aromatic N) is 6. The minimum atomic E-state index is -4.59. The molecule has 1 aliphatic carbocycles. The van der Waals surface area contributed by atoms with Gasteiger partial charge in [0.2, 0.25) is 5.82 Å². The molecule has 1 saturated carbocycles. The number of hydrogen-bond donors (Lipinski definition) is 0. The highest BCUT2D eigenvalue weighted by atomic mass is 19.4. The summed E-state index contributed by atoms with van der Waals surface area (Å²) in [6, 6.07) is 6.73. The van der Waals surface area contributed by atoms with Crippen molar-refractivity contribution in [3.63, 3.8) is 0 Å². The molecule has 0 N–H and O–H groups in total. The van der Waals surface area contributed by atoms with Gasteiger partial charge < -0.3 is 4.90 Å². The zero-order valence-corrected chi connectivity index (χ0v) is 18.5. The van der Waals surface area contributed by atoms with Crippen molar-refractivity contribution in [2.24, 2.45) is 11.8 Å². The monoisotopic (exact) mass is 468 g/mol. The summed E-state index contributed by atoms with van der Waals surface area (Å²) < 4.78 is 39.0. The molecule has 0 aromatic carbocycles. The molecule has 1 aliphatic heterocycles. The summed E-state index contributed by atoms with van der Waals surface area (Å²) in [5.41, 5.74) is 1.90. The molecule has 176 valence electrons. The Morgan fingerprint density at radius 1 is 1.03 bits per heavy atom. The van der Waals surface area contributed by atoms with E-state index in [9.17, 15) is 18.0 Å². The van der Waals surface area contributed by atoms with E-state index in [-0.39, 0.29) is 11.9 Å². The van der Waals surface area contributed by atoms with Crippen LogP contribution in [0.4, 0.5) is 13.2 Å². The van der Waals surface area contributed by atoms with Crippen molar-refractivity contribution in [3.05, 3.63) is 65.8 Å². The molecule has 0 radical (unpaired) electrons. The number of hydrogen-bond acceptors (Lipinski definition) is 6. The van der Waals surface area contributed by atoms with Gasteiger partial charge in [0.15, 0.2) is 5.82 Å². The van der Waals surface area contributed by atoms with Crippen LogP contribution in [0.15, 0.2) is 42.9 Å². The third kappa shape index (κ3) is 4.62. The van der Waals surface area contributed by atoms with Crippen LogP contribution in [-0.2, 0) is 12.6 Å². The molecule has 0 spiro atoms. The minimum absolute atomic E-state index is 0.104. The Morgan fingerprint density at radius 3 is 2.59 bits per heavy atom. The van der Waals surface area contributed by atoms with E-state index in [1.165, 1.54) is 6.07 Å². The summed E-state index contributed by atoms with van der Waals surface area (Å²) in [4.78, 5) is 35.7. The highest BCUT2D eigenvalue weighted by Gasteiger charge is 2.47. The number of halogens is 3. The van der Waals surface area contributed by atoms with Crippen LogP contribution >= 0.6 is 0 Å². The topological polar surface area (TPSA) is 84.8 Å². The summed E-state index contributed by atoms with van der Waals surface area (Å²) in [5, 5.41) is 0. The van der Waals surface area contributed by atoms with Crippen molar-refractivity contribution in [1.82, 2.24) is 29.8 Å². The van der Waals surface area contributed by atoms with E-state index in [1.807, 2.05) is 24.0 Å². The Bertz CT molecular complexity index is 1200. The molecule has 2 aliphatic rings. The van der Waals surface area contributed by atoms with Crippen molar-refractivity contribution in [1.29, 1.82) is 0 Å². The van der Waals surface area contributed by atoms with Gasteiger partial charge in [-0.2, -0.15) is 13.2 Å². The van der Waals surface area contributed by atoms with Crippen LogP contribution < -0.4 is 0 Å². The molecule has 3 aromatic heterocycles. The molecular weight excluding hydrogens is 445 g/mol. The Hall–Kier alpha value is -3.43. The normalized spacial score (nSPS) is 21.8. The average molecular weight is 468 g/mol. The number of carbonyl (C=O) groups excluding carboxylic acids is 1. The highest BCUT2D eigenvalue weighted by Crippen LogP contribution is 2.48. The molecular formula is C24H23F3N6O. The maximum absolute atomic E-state index is 13.8. The predicted molar refractivity (Wildman–Crippen MR) is 116 cm³/mol. The van der Waals surface area contributed by atoms with Gasteiger partial charge in [-0.15, -0.1) is 0 Å². The lowest BCUT2D eigenvalue weighted by Gasteiger charge is -2.35. The number of piperidine rings is 1. The van der Waals surface area contributed by atoms with Crippen molar-refractivity contribution in [2.45, 2.75) is 44.8 Å². The standard InChI is InChI=1S/C24H23F3N6O/c1-14-3-6-19(21-28-8-2-9-29-21)20(31-14)22(34)33-13-16-11-15(16)12-18(33)5-4-17-7-10-30-23(32-17)24(25,26)27/h2-3,6-10,15-16,18H,4-5,11-13H2,1H3/t15-,16+,18-/m1/s1. The third-order valence-corrected chi connectivity index (χ3v) is 6.52. The fourth-order valence-electron chi connectivity index (χ4n) is 4.68. The van der Waals surface area contributed by atoms with Crippen molar-refractivity contribution < 1.29 is 18.0 Å². The van der Waals surface area contributed by atoms with Crippen LogP contribution in [0.3, 0.4) is 0 Å². The number of alkyl halides is 3. The zero-order valence-electron chi connectivity index (χ0n) is 18.5. The SMILES string of the molecule is Cc1ccc(-c2ncccn2)c(C(=O)N2C[C@@H]3C[C@@H]3C[C@H]2CCc2ccnc(C(F)(F)F)n2)n1. The van der Waals surface area contributed by atoms with Crippen molar-refractivity contribution in [3.8, 4) is 11.4 Å². The molecule has 1 saturated heterocycles. The van der Waals surface area contributed by atoms with Gasteiger partial charge in [-0.3, -0.25) is 4.79 Å². The van der Waals surface area contributed by atoms with Crippen LogP contribution in [0, 0.1) is 18.8 Å². The second-order valence-corrected chi connectivity index (χ2v) is 8.93. The molecule has 1 amide bonds. The lowest BCUT2D eigenvalue weighted by atomic mass is 9.96. The Morgan fingerprint density at radius 2 is 1.82 bits per heavy atom. The van der Waals surface area contributed by atoms with E-state index < -0.39 is 12.0 Å². The second-order valence-electron chi connectivity index (χ2n) is 8.93. The fourth-order valence-corrected chi connectivity index (χ4v) is 4.68. The van der Waals surface area contributed by atoms with Gasteiger partial charge in [0.05, 0.1) is 5.56 Å². The predicted octanol–water partition coefficient (Wildman–Crippen LogP) is 4.14. The fraction of sp³-hybridized carbons (Fsp3) is 0.417. The summed E-state index contributed by atoms with van der Waals surface area (Å²) >= 11 is 0. The highest BCUT2D eigenvalue weighted by molar-refractivity contribution is 5.98. The van der Waals surface area contributed by atoms with Gasteiger partial charge >= 0.3 is 6.18 Å².